The van der Waals surface area contributed by atoms with Gasteiger partial charge in [0.25, 0.3) is 0 Å². The van der Waals surface area contributed by atoms with Crippen LogP contribution in [-0.2, 0) is 14.4 Å². The second-order valence-corrected chi connectivity index (χ2v) is 7.28. The molecule has 2 aliphatic heterocycles. The molecule has 128 valence electrons. The fourth-order valence-corrected chi connectivity index (χ4v) is 4.16. The minimum atomic E-state index is -0.929. The Hall–Kier alpha value is -1.59. The number of carboxylic acids is 1. The number of nitrogens with zero attached hydrogens (tertiary/aromatic N) is 2. The molecule has 1 atom stereocenters. The van der Waals surface area contributed by atoms with Crippen molar-refractivity contribution in [2.24, 2.45) is 11.3 Å². The molecular formula is C17H26N2O4. The zero-order valence-electron chi connectivity index (χ0n) is 13.6. The van der Waals surface area contributed by atoms with E-state index in [1.165, 1.54) is 6.42 Å². The molecule has 3 aliphatic rings. The predicted molar refractivity (Wildman–Crippen MR) is 83.7 cm³/mol. The van der Waals surface area contributed by atoms with E-state index in [0.717, 1.165) is 45.2 Å². The van der Waals surface area contributed by atoms with Crippen LogP contribution in [0.25, 0.3) is 0 Å². The van der Waals surface area contributed by atoms with Crippen molar-refractivity contribution < 1.29 is 19.5 Å². The molecule has 0 aromatic heterocycles. The smallest absolute Gasteiger partial charge is 0.303 e. The van der Waals surface area contributed by atoms with Gasteiger partial charge in [-0.25, -0.2) is 0 Å². The monoisotopic (exact) mass is 322 g/mol. The van der Waals surface area contributed by atoms with Crippen molar-refractivity contribution >= 4 is 17.8 Å². The summed E-state index contributed by atoms with van der Waals surface area (Å²) >= 11 is 0. The van der Waals surface area contributed by atoms with Gasteiger partial charge in [-0.3, -0.25) is 14.4 Å². The third-order valence-corrected chi connectivity index (χ3v) is 5.82. The van der Waals surface area contributed by atoms with E-state index in [4.69, 9.17) is 5.11 Å². The number of carboxylic acid groups (broad SMARTS) is 1. The maximum absolute atomic E-state index is 12.6. The van der Waals surface area contributed by atoms with Crippen LogP contribution in [0.4, 0.5) is 0 Å². The molecule has 1 saturated carbocycles. The van der Waals surface area contributed by atoms with Crippen molar-refractivity contribution in [3.63, 3.8) is 0 Å². The topological polar surface area (TPSA) is 77.9 Å². The van der Waals surface area contributed by atoms with Crippen molar-refractivity contribution in [3.05, 3.63) is 0 Å². The van der Waals surface area contributed by atoms with Crippen molar-refractivity contribution in [1.29, 1.82) is 0 Å². The van der Waals surface area contributed by atoms with E-state index in [1.54, 1.807) is 4.90 Å². The zero-order valence-corrected chi connectivity index (χ0v) is 13.6. The molecule has 1 aliphatic carbocycles. The van der Waals surface area contributed by atoms with E-state index in [2.05, 4.69) is 0 Å². The summed E-state index contributed by atoms with van der Waals surface area (Å²) in [5.74, 6) is -0.504. The van der Waals surface area contributed by atoms with Crippen LogP contribution in [0, 0.1) is 11.3 Å². The highest BCUT2D eigenvalue weighted by Gasteiger charge is 2.59. The summed E-state index contributed by atoms with van der Waals surface area (Å²) in [6.45, 7) is 3.15. The molecule has 1 N–H and O–H groups in total. The largest absolute Gasteiger partial charge is 0.481 e. The molecule has 23 heavy (non-hydrogen) atoms. The van der Waals surface area contributed by atoms with Crippen LogP contribution in [0.2, 0.25) is 0 Å². The van der Waals surface area contributed by atoms with Crippen LogP contribution in [-0.4, -0.2) is 58.9 Å². The molecule has 6 heteroatoms. The first-order valence-corrected chi connectivity index (χ1v) is 8.80. The second kappa shape index (κ2) is 6.49. The summed E-state index contributed by atoms with van der Waals surface area (Å²) in [7, 11) is 0. The second-order valence-electron chi connectivity index (χ2n) is 7.28. The first-order valence-electron chi connectivity index (χ1n) is 8.80. The van der Waals surface area contributed by atoms with Gasteiger partial charge < -0.3 is 14.9 Å². The minimum absolute atomic E-state index is 0.0678. The molecule has 0 radical (unpaired) electrons. The van der Waals surface area contributed by atoms with Crippen LogP contribution in [0.1, 0.15) is 51.4 Å². The third-order valence-electron chi connectivity index (χ3n) is 5.82. The summed E-state index contributed by atoms with van der Waals surface area (Å²) in [6, 6.07) is 0. The molecule has 1 unspecified atom stereocenters. The molecule has 0 aromatic carbocycles. The highest BCUT2D eigenvalue weighted by molar-refractivity contribution is 5.83. The van der Waals surface area contributed by atoms with Gasteiger partial charge in [-0.2, -0.15) is 0 Å². The Morgan fingerprint density at radius 1 is 0.913 bits per heavy atom. The minimum Gasteiger partial charge on any atom is -0.481 e. The summed E-state index contributed by atoms with van der Waals surface area (Å²) in [5.41, 5.74) is 0.123. The number of aliphatic carboxylic acids is 1. The van der Waals surface area contributed by atoms with Crippen molar-refractivity contribution in [2.45, 2.75) is 51.4 Å². The Balaban J connectivity index is 1.47. The number of hydrogen-bond donors (Lipinski definition) is 1. The van der Waals surface area contributed by atoms with Gasteiger partial charge in [0.05, 0.1) is 6.42 Å². The molecule has 3 rings (SSSR count). The van der Waals surface area contributed by atoms with Gasteiger partial charge >= 0.3 is 5.97 Å². The number of amides is 2. The van der Waals surface area contributed by atoms with E-state index in [-0.39, 0.29) is 30.1 Å². The van der Waals surface area contributed by atoms with Gasteiger partial charge in [0.2, 0.25) is 11.8 Å². The molecule has 6 nitrogen and oxygen atoms in total. The number of carbonyl (C=O) groups excluding carboxylic acids is 2. The first-order chi connectivity index (χ1) is 11.0. The standard InChI is InChI=1S/C17H26N2O4/c20-14(4-5-15(21)22)18-10-6-17(7-11-18)12-13(17)16(23)19-8-2-1-3-9-19/h13H,1-12H2,(H,21,22). The van der Waals surface area contributed by atoms with Crippen LogP contribution in [0.15, 0.2) is 0 Å². The number of carbonyl (C=O) groups is 3. The number of hydrogen-bond acceptors (Lipinski definition) is 3. The first kappa shape index (κ1) is 16.3. The summed E-state index contributed by atoms with van der Waals surface area (Å²) in [5, 5.41) is 8.66. The molecular weight excluding hydrogens is 296 g/mol. The fourth-order valence-electron chi connectivity index (χ4n) is 4.16. The molecule has 2 amide bonds. The SMILES string of the molecule is O=C(O)CCC(=O)N1CCC2(CC1)CC2C(=O)N1CCCCC1. The Morgan fingerprint density at radius 3 is 2.17 bits per heavy atom. The molecule has 2 saturated heterocycles. The molecule has 2 heterocycles. The number of piperidine rings is 2. The molecule has 0 aromatic rings. The lowest BCUT2D eigenvalue weighted by atomic mass is 9.90. The predicted octanol–water partition coefficient (Wildman–Crippen LogP) is 1.49. The van der Waals surface area contributed by atoms with Gasteiger partial charge in [-0.15, -0.1) is 0 Å². The van der Waals surface area contributed by atoms with Crippen LogP contribution < -0.4 is 0 Å². The zero-order chi connectivity index (χ0) is 16.4. The van der Waals surface area contributed by atoms with Crippen LogP contribution in [0.5, 0.6) is 0 Å². The van der Waals surface area contributed by atoms with Crippen molar-refractivity contribution in [2.75, 3.05) is 26.2 Å². The quantitative estimate of drug-likeness (QED) is 0.850. The maximum atomic E-state index is 12.6. The van der Waals surface area contributed by atoms with E-state index >= 15 is 0 Å². The molecule has 1 spiro atoms. The third kappa shape index (κ3) is 3.51. The highest BCUT2D eigenvalue weighted by atomic mass is 16.4. The average molecular weight is 322 g/mol. The van der Waals surface area contributed by atoms with Gasteiger partial charge in [-0.1, -0.05) is 0 Å². The normalized spacial score (nSPS) is 26.2. The van der Waals surface area contributed by atoms with Crippen LogP contribution >= 0.6 is 0 Å². The average Bonchev–Trinajstić information content (AvgIpc) is 3.26. The van der Waals surface area contributed by atoms with Gasteiger partial charge in [0.15, 0.2) is 0 Å². The maximum Gasteiger partial charge on any atom is 0.303 e. The van der Waals surface area contributed by atoms with E-state index in [0.29, 0.717) is 19.0 Å². The summed E-state index contributed by atoms with van der Waals surface area (Å²) < 4.78 is 0. The van der Waals surface area contributed by atoms with E-state index in [1.807, 2.05) is 4.90 Å². The van der Waals surface area contributed by atoms with Crippen LogP contribution in [0.3, 0.4) is 0 Å². The van der Waals surface area contributed by atoms with Gasteiger partial charge in [0, 0.05) is 38.5 Å². The molecule has 0 bridgehead atoms. The van der Waals surface area contributed by atoms with E-state index < -0.39 is 5.97 Å². The lowest BCUT2D eigenvalue weighted by Gasteiger charge is -2.34. The number of rotatable bonds is 4. The molecule has 3 fully saturated rings. The summed E-state index contributed by atoms with van der Waals surface area (Å²) in [4.78, 5) is 39.0. The van der Waals surface area contributed by atoms with Crippen molar-refractivity contribution in [1.82, 2.24) is 9.80 Å². The van der Waals surface area contributed by atoms with E-state index in [9.17, 15) is 14.4 Å². The lowest BCUT2D eigenvalue weighted by molar-refractivity contribution is -0.141. The Bertz CT molecular complexity index is 491. The Labute approximate surface area is 136 Å². The fraction of sp³-hybridized carbons (Fsp3) is 0.824. The Morgan fingerprint density at radius 2 is 1.57 bits per heavy atom. The van der Waals surface area contributed by atoms with Crippen molar-refractivity contribution in [3.8, 4) is 0 Å². The van der Waals surface area contributed by atoms with Gasteiger partial charge in [-0.05, 0) is 43.9 Å². The van der Waals surface area contributed by atoms with Gasteiger partial charge in [0.1, 0.15) is 0 Å². The number of likely N-dealkylation sites (tertiary alicyclic amines) is 2. The lowest BCUT2D eigenvalue weighted by Crippen LogP contribution is -2.42. The highest BCUT2D eigenvalue weighted by Crippen LogP contribution is 2.60. The summed E-state index contributed by atoms with van der Waals surface area (Å²) in [6.07, 6.45) is 6.20. The Kier molecular flexibility index (Phi) is 4.60.